The average molecular weight is 251 g/mol. The Kier molecular flexibility index (Phi) is 3.01. The van der Waals surface area contributed by atoms with Crippen LogP contribution in [0.1, 0.15) is 15.9 Å². The van der Waals surface area contributed by atoms with Crippen molar-refractivity contribution in [2.45, 2.75) is 6.54 Å². The summed E-state index contributed by atoms with van der Waals surface area (Å²) >= 11 is 6.04. The van der Waals surface area contributed by atoms with Crippen molar-refractivity contribution < 1.29 is 4.79 Å². The van der Waals surface area contributed by atoms with Gasteiger partial charge in [0.25, 0.3) is 5.91 Å². The molecule has 0 aliphatic carbocycles. The second kappa shape index (κ2) is 4.47. The van der Waals surface area contributed by atoms with Gasteiger partial charge < -0.3 is 11.5 Å². The highest BCUT2D eigenvalue weighted by Gasteiger charge is 2.08. The van der Waals surface area contributed by atoms with E-state index in [1.165, 1.54) is 6.20 Å². The third-order valence-corrected chi connectivity index (χ3v) is 2.75. The number of rotatable bonds is 3. The van der Waals surface area contributed by atoms with Crippen LogP contribution < -0.4 is 11.5 Å². The molecule has 5 nitrogen and oxygen atoms in total. The van der Waals surface area contributed by atoms with Gasteiger partial charge in [0.1, 0.15) is 0 Å². The van der Waals surface area contributed by atoms with Crippen molar-refractivity contribution in [3.63, 3.8) is 0 Å². The van der Waals surface area contributed by atoms with E-state index in [0.29, 0.717) is 22.8 Å². The first kappa shape index (κ1) is 11.5. The predicted molar refractivity (Wildman–Crippen MR) is 65.7 cm³/mol. The third-order valence-electron chi connectivity index (χ3n) is 2.39. The molecule has 0 aliphatic heterocycles. The van der Waals surface area contributed by atoms with E-state index in [1.54, 1.807) is 29.1 Å². The standard InChI is InChI=1S/C11H11ClN4O/c12-9-2-1-3-10(13)8(9)6-16-5-7(4-15-16)11(14)17/h1-5H,6,13H2,(H2,14,17). The number of benzene rings is 1. The first-order valence-corrected chi connectivity index (χ1v) is 5.31. The summed E-state index contributed by atoms with van der Waals surface area (Å²) < 4.78 is 1.57. The molecular formula is C11H11ClN4O. The summed E-state index contributed by atoms with van der Waals surface area (Å²) in [6.45, 7) is 0.402. The molecule has 88 valence electrons. The maximum Gasteiger partial charge on any atom is 0.251 e. The van der Waals surface area contributed by atoms with Crippen LogP contribution in [0.15, 0.2) is 30.6 Å². The van der Waals surface area contributed by atoms with Gasteiger partial charge in [0.05, 0.1) is 18.3 Å². The Bertz CT molecular complexity index is 544. The molecule has 0 atom stereocenters. The molecule has 2 aromatic rings. The van der Waals surface area contributed by atoms with Gasteiger partial charge in [-0.25, -0.2) is 0 Å². The summed E-state index contributed by atoms with van der Waals surface area (Å²) in [5, 5.41) is 4.59. The van der Waals surface area contributed by atoms with Gasteiger partial charge in [-0.2, -0.15) is 5.10 Å². The predicted octanol–water partition coefficient (Wildman–Crippen LogP) is 1.27. The maximum absolute atomic E-state index is 10.9. The number of nitrogens with zero attached hydrogens (tertiary/aromatic N) is 2. The van der Waals surface area contributed by atoms with E-state index in [9.17, 15) is 4.79 Å². The van der Waals surface area contributed by atoms with Gasteiger partial charge in [-0.1, -0.05) is 17.7 Å². The molecule has 0 fully saturated rings. The van der Waals surface area contributed by atoms with Crippen molar-refractivity contribution in [3.8, 4) is 0 Å². The Labute approximate surface area is 103 Å². The maximum atomic E-state index is 10.9. The Balaban J connectivity index is 2.28. The van der Waals surface area contributed by atoms with Crippen LogP contribution in [0.2, 0.25) is 5.02 Å². The molecule has 0 spiro atoms. The van der Waals surface area contributed by atoms with Gasteiger partial charge in [0.15, 0.2) is 0 Å². The minimum atomic E-state index is -0.511. The normalized spacial score (nSPS) is 10.4. The van der Waals surface area contributed by atoms with Crippen molar-refractivity contribution in [1.82, 2.24) is 9.78 Å². The van der Waals surface area contributed by atoms with E-state index in [2.05, 4.69) is 5.10 Å². The molecule has 6 heteroatoms. The number of carbonyl (C=O) groups is 1. The summed E-state index contributed by atoms with van der Waals surface area (Å²) in [5.41, 5.74) is 12.7. The van der Waals surface area contributed by atoms with E-state index < -0.39 is 5.91 Å². The van der Waals surface area contributed by atoms with Crippen LogP contribution in [0.25, 0.3) is 0 Å². The van der Waals surface area contributed by atoms with Gasteiger partial charge in [0, 0.05) is 22.5 Å². The van der Waals surface area contributed by atoms with Crippen molar-refractivity contribution in [2.24, 2.45) is 5.73 Å². The summed E-state index contributed by atoms with van der Waals surface area (Å²) in [4.78, 5) is 10.9. The molecule has 1 heterocycles. The number of anilines is 1. The molecule has 0 saturated heterocycles. The van der Waals surface area contributed by atoms with Crippen molar-refractivity contribution in [1.29, 1.82) is 0 Å². The van der Waals surface area contributed by atoms with Gasteiger partial charge in [-0.05, 0) is 12.1 Å². The zero-order chi connectivity index (χ0) is 12.4. The molecule has 4 N–H and O–H groups in total. The largest absolute Gasteiger partial charge is 0.398 e. The fourth-order valence-corrected chi connectivity index (χ4v) is 1.72. The van der Waals surface area contributed by atoms with Gasteiger partial charge in [-0.15, -0.1) is 0 Å². The number of hydrogen-bond donors (Lipinski definition) is 2. The van der Waals surface area contributed by atoms with Crippen LogP contribution >= 0.6 is 11.6 Å². The molecule has 1 aromatic carbocycles. The van der Waals surface area contributed by atoms with Gasteiger partial charge >= 0.3 is 0 Å². The van der Waals surface area contributed by atoms with Gasteiger partial charge in [-0.3, -0.25) is 9.48 Å². The summed E-state index contributed by atoms with van der Waals surface area (Å²) in [6, 6.07) is 5.30. The second-order valence-electron chi connectivity index (χ2n) is 3.60. The molecule has 17 heavy (non-hydrogen) atoms. The van der Waals surface area contributed by atoms with Crippen molar-refractivity contribution in [3.05, 3.63) is 46.7 Å². The van der Waals surface area contributed by atoms with Gasteiger partial charge in [0.2, 0.25) is 0 Å². The van der Waals surface area contributed by atoms with E-state index in [4.69, 9.17) is 23.1 Å². The Morgan fingerprint density at radius 3 is 2.82 bits per heavy atom. The number of amides is 1. The lowest BCUT2D eigenvalue weighted by Crippen LogP contribution is -2.10. The quantitative estimate of drug-likeness (QED) is 0.804. The first-order chi connectivity index (χ1) is 8.08. The lowest BCUT2D eigenvalue weighted by molar-refractivity contribution is 0.1000. The SMILES string of the molecule is NC(=O)c1cnn(Cc2c(N)cccc2Cl)c1. The van der Waals surface area contributed by atoms with Crippen LogP contribution in [-0.2, 0) is 6.54 Å². The Morgan fingerprint density at radius 1 is 1.47 bits per heavy atom. The van der Waals surface area contributed by atoms with E-state index in [0.717, 1.165) is 5.56 Å². The van der Waals surface area contributed by atoms with Crippen LogP contribution in [0.5, 0.6) is 0 Å². The number of nitrogen functional groups attached to an aromatic ring is 1. The molecule has 1 amide bonds. The number of primary amides is 1. The average Bonchev–Trinajstić information content (AvgIpc) is 2.72. The minimum absolute atomic E-state index is 0.357. The number of hydrogen-bond acceptors (Lipinski definition) is 3. The highest BCUT2D eigenvalue weighted by molar-refractivity contribution is 6.31. The third kappa shape index (κ3) is 2.39. The van der Waals surface area contributed by atoms with Crippen molar-refractivity contribution in [2.75, 3.05) is 5.73 Å². The summed E-state index contributed by atoms with van der Waals surface area (Å²) in [5.74, 6) is -0.511. The lowest BCUT2D eigenvalue weighted by Gasteiger charge is -2.07. The number of nitrogens with two attached hydrogens (primary N) is 2. The van der Waals surface area contributed by atoms with E-state index >= 15 is 0 Å². The molecular weight excluding hydrogens is 240 g/mol. The first-order valence-electron chi connectivity index (χ1n) is 4.93. The molecule has 0 unspecified atom stereocenters. The van der Waals surface area contributed by atoms with Crippen LogP contribution in [0.3, 0.4) is 0 Å². The zero-order valence-corrected chi connectivity index (χ0v) is 9.69. The highest BCUT2D eigenvalue weighted by Crippen LogP contribution is 2.22. The second-order valence-corrected chi connectivity index (χ2v) is 4.01. The molecule has 0 saturated carbocycles. The molecule has 1 aromatic heterocycles. The monoisotopic (exact) mass is 250 g/mol. The number of aromatic nitrogens is 2. The van der Waals surface area contributed by atoms with Crippen LogP contribution in [0, 0.1) is 0 Å². The Morgan fingerprint density at radius 2 is 2.24 bits per heavy atom. The summed E-state index contributed by atoms with van der Waals surface area (Å²) in [7, 11) is 0. The molecule has 0 aliphatic rings. The topological polar surface area (TPSA) is 86.9 Å². The van der Waals surface area contributed by atoms with E-state index in [-0.39, 0.29) is 0 Å². The fraction of sp³-hybridized carbons (Fsp3) is 0.0909. The molecule has 2 rings (SSSR count). The van der Waals surface area contributed by atoms with Crippen molar-refractivity contribution >= 4 is 23.2 Å². The summed E-state index contributed by atoms with van der Waals surface area (Å²) in [6.07, 6.45) is 2.97. The number of carbonyl (C=O) groups excluding carboxylic acids is 1. The lowest BCUT2D eigenvalue weighted by atomic mass is 10.2. The van der Waals surface area contributed by atoms with Crippen LogP contribution in [-0.4, -0.2) is 15.7 Å². The highest BCUT2D eigenvalue weighted by atomic mass is 35.5. The number of halogens is 1. The Hall–Kier alpha value is -2.01. The van der Waals surface area contributed by atoms with Crippen LogP contribution in [0.4, 0.5) is 5.69 Å². The minimum Gasteiger partial charge on any atom is -0.398 e. The smallest absolute Gasteiger partial charge is 0.251 e. The fourth-order valence-electron chi connectivity index (χ4n) is 1.48. The van der Waals surface area contributed by atoms with E-state index in [1.807, 2.05) is 0 Å². The molecule has 0 radical (unpaired) electrons. The molecule has 0 bridgehead atoms. The zero-order valence-electron chi connectivity index (χ0n) is 8.93.